The van der Waals surface area contributed by atoms with Gasteiger partial charge in [-0.3, -0.25) is 4.57 Å². The molecule has 0 saturated heterocycles. The number of para-hydroxylation sites is 1. The van der Waals surface area contributed by atoms with Crippen molar-refractivity contribution in [3.05, 3.63) is 42.8 Å². The summed E-state index contributed by atoms with van der Waals surface area (Å²) >= 11 is 19.8. The molecule has 18 heavy (non-hydrogen) atoms. The number of hydrogen-bond acceptors (Lipinski definition) is 2. The molecule has 3 rings (SSSR count). The molecule has 0 bridgehead atoms. The van der Waals surface area contributed by atoms with Crippen LogP contribution in [0.5, 0.6) is 0 Å². The van der Waals surface area contributed by atoms with Gasteiger partial charge in [-0.15, -0.1) is 11.3 Å². The fourth-order valence-corrected chi connectivity index (χ4v) is 4.53. The lowest BCUT2D eigenvalue weighted by Gasteiger charge is -2.16. The third kappa shape index (κ3) is 2.03. The molecule has 0 unspecified atom stereocenters. The molecule has 5 heteroatoms. The van der Waals surface area contributed by atoms with Crippen LogP contribution in [0, 0.1) is 3.95 Å². The lowest BCUT2D eigenvalue weighted by atomic mass is 10.0. The number of aromatic nitrogens is 1. The van der Waals surface area contributed by atoms with E-state index in [1.54, 1.807) is 11.3 Å². The van der Waals surface area contributed by atoms with E-state index in [1.165, 1.54) is 23.4 Å². The number of rotatable bonds is 1. The standard InChI is InChI=1S/C13H11Cl2NS2/c14-8-4-3-5-9(15)12(8)16-10-6-1-2-7-11(10)18-13(16)17/h3-5H,1-2,6-7H2. The van der Waals surface area contributed by atoms with Crippen LogP contribution in [0.2, 0.25) is 10.0 Å². The van der Waals surface area contributed by atoms with Gasteiger partial charge in [0.2, 0.25) is 0 Å². The van der Waals surface area contributed by atoms with Crippen LogP contribution in [0.15, 0.2) is 18.2 Å². The summed E-state index contributed by atoms with van der Waals surface area (Å²) in [6.45, 7) is 0. The quantitative estimate of drug-likeness (QED) is 0.633. The maximum Gasteiger partial charge on any atom is 0.166 e. The van der Waals surface area contributed by atoms with Crippen LogP contribution < -0.4 is 0 Å². The molecule has 1 aromatic carbocycles. The Morgan fingerprint density at radius 1 is 1.11 bits per heavy atom. The normalized spacial score (nSPS) is 14.6. The molecule has 1 heterocycles. The van der Waals surface area contributed by atoms with Crippen molar-refractivity contribution in [2.24, 2.45) is 0 Å². The summed E-state index contributed by atoms with van der Waals surface area (Å²) in [5, 5.41) is 1.31. The predicted molar refractivity (Wildman–Crippen MR) is 81.1 cm³/mol. The number of thiazole rings is 1. The van der Waals surface area contributed by atoms with Gasteiger partial charge in [-0.25, -0.2) is 0 Å². The van der Waals surface area contributed by atoms with Crippen molar-refractivity contribution in [3.63, 3.8) is 0 Å². The molecule has 1 aliphatic carbocycles. The second kappa shape index (κ2) is 4.97. The Hall–Kier alpha value is -0.350. The molecule has 0 radical (unpaired) electrons. The highest BCUT2D eigenvalue weighted by molar-refractivity contribution is 7.73. The van der Waals surface area contributed by atoms with Crippen LogP contribution in [0.4, 0.5) is 0 Å². The Balaban J connectivity index is 2.29. The van der Waals surface area contributed by atoms with Gasteiger partial charge in [-0.05, 0) is 50.0 Å². The number of hydrogen-bond donors (Lipinski definition) is 0. The molecule has 1 aromatic heterocycles. The van der Waals surface area contributed by atoms with Gasteiger partial charge in [0, 0.05) is 10.6 Å². The van der Waals surface area contributed by atoms with Crippen molar-refractivity contribution in [2.45, 2.75) is 25.7 Å². The van der Waals surface area contributed by atoms with Crippen LogP contribution in [0.3, 0.4) is 0 Å². The van der Waals surface area contributed by atoms with E-state index in [0.717, 1.165) is 22.5 Å². The van der Waals surface area contributed by atoms with E-state index in [1.807, 2.05) is 18.2 Å². The molecule has 1 nitrogen and oxygen atoms in total. The molecule has 0 aliphatic heterocycles. The second-order valence-corrected chi connectivity index (χ2v) is 6.89. The molecule has 0 fully saturated rings. The van der Waals surface area contributed by atoms with E-state index >= 15 is 0 Å². The summed E-state index contributed by atoms with van der Waals surface area (Å²) in [7, 11) is 0. The first-order valence-electron chi connectivity index (χ1n) is 5.86. The largest absolute Gasteiger partial charge is 0.293 e. The van der Waals surface area contributed by atoms with E-state index in [0.29, 0.717) is 10.0 Å². The van der Waals surface area contributed by atoms with Gasteiger partial charge in [0.05, 0.1) is 15.7 Å². The van der Waals surface area contributed by atoms with Crippen LogP contribution >= 0.6 is 46.8 Å². The number of halogens is 2. The molecule has 1 aliphatic rings. The first-order valence-corrected chi connectivity index (χ1v) is 7.84. The minimum Gasteiger partial charge on any atom is -0.293 e. The van der Waals surface area contributed by atoms with Crippen molar-refractivity contribution in [1.82, 2.24) is 4.57 Å². The maximum atomic E-state index is 6.29. The average molecular weight is 316 g/mol. The SMILES string of the molecule is S=c1sc2c(n1-c1c(Cl)cccc1Cl)CCCC2. The van der Waals surface area contributed by atoms with Gasteiger partial charge in [-0.1, -0.05) is 29.3 Å². The van der Waals surface area contributed by atoms with Gasteiger partial charge >= 0.3 is 0 Å². The van der Waals surface area contributed by atoms with Gasteiger partial charge in [-0.2, -0.15) is 0 Å². The molecular weight excluding hydrogens is 305 g/mol. The zero-order valence-electron chi connectivity index (χ0n) is 9.58. The Morgan fingerprint density at radius 2 is 1.78 bits per heavy atom. The highest BCUT2D eigenvalue weighted by atomic mass is 35.5. The van der Waals surface area contributed by atoms with Gasteiger partial charge in [0.15, 0.2) is 3.95 Å². The molecule has 94 valence electrons. The van der Waals surface area contributed by atoms with Crippen LogP contribution in [-0.2, 0) is 12.8 Å². The van der Waals surface area contributed by atoms with Crippen LogP contribution in [0.25, 0.3) is 5.69 Å². The van der Waals surface area contributed by atoms with Gasteiger partial charge in [0.1, 0.15) is 0 Å². The topological polar surface area (TPSA) is 4.93 Å². The molecule has 0 N–H and O–H groups in total. The lowest BCUT2D eigenvalue weighted by molar-refractivity contribution is 0.666. The van der Waals surface area contributed by atoms with Crippen molar-refractivity contribution in [1.29, 1.82) is 0 Å². The molecular formula is C13H11Cl2NS2. The summed E-state index contributed by atoms with van der Waals surface area (Å²) in [6.07, 6.45) is 4.64. The monoisotopic (exact) mass is 315 g/mol. The zero-order chi connectivity index (χ0) is 12.7. The minimum absolute atomic E-state index is 0.657. The Bertz CT molecular complexity index is 637. The second-order valence-electron chi connectivity index (χ2n) is 4.35. The van der Waals surface area contributed by atoms with Gasteiger partial charge < -0.3 is 0 Å². The number of nitrogens with zero attached hydrogens (tertiary/aromatic N) is 1. The Kier molecular flexibility index (Phi) is 3.50. The average Bonchev–Trinajstić information content (AvgIpc) is 2.66. The summed E-state index contributed by atoms with van der Waals surface area (Å²) < 4.78 is 2.91. The summed E-state index contributed by atoms with van der Waals surface area (Å²) in [6, 6.07) is 5.57. The molecule has 0 spiro atoms. The molecule has 0 amide bonds. The van der Waals surface area contributed by atoms with E-state index in [9.17, 15) is 0 Å². The molecule has 0 atom stereocenters. The highest BCUT2D eigenvalue weighted by Gasteiger charge is 2.20. The van der Waals surface area contributed by atoms with E-state index < -0.39 is 0 Å². The number of fused-ring (bicyclic) bond motifs is 1. The van der Waals surface area contributed by atoms with Crippen molar-refractivity contribution in [2.75, 3.05) is 0 Å². The minimum atomic E-state index is 0.657. The highest BCUT2D eigenvalue weighted by Crippen LogP contribution is 2.35. The number of benzene rings is 1. The first-order chi connectivity index (χ1) is 8.68. The van der Waals surface area contributed by atoms with E-state index in [2.05, 4.69) is 4.57 Å². The fourth-order valence-electron chi connectivity index (χ4n) is 2.40. The van der Waals surface area contributed by atoms with E-state index in [-0.39, 0.29) is 0 Å². The Labute approximate surface area is 125 Å². The Morgan fingerprint density at radius 3 is 2.50 bits per heavy atom. The third-order valence-corrected chi connectivity index (χ3v) is 5.30. The van der Waals surface area contributed by atoms with Crippen LogP contribution in [-0.4, -0.2) is 4.57 Å². The number of aryl methyl sites for hydroxylation is 1. The van der Waals surface area contributed by atoms with Crippen molar-refractivity contribution >= 4 is 46.8 Å². The van der Waals surface area contributed by atoms with Crippen LogP contribution in [0.1, 0.15) is 23.4 Å². The first kappa shape index (κ1) is 12.7. The van der Waals surface area contributed by atoms with E-state index in [4.69, 9.17) is 35.4 Å². The van der Waals surface area contributed by atoms with Crippen molar-refractivity contribution < 1.29 is 0 Å². The van der Waals surface area contributed by atoms with Gasteiger partial charge in [0.25, 0.3) is 0 Å². The fraction of sp³-hybridized carbons (Fsp3) is 0.308. The predicted octanol–water partition coefficient (Wildman–Crippen LogP) is 5.45. The smallest absolute Gasteiger partial charge is 0.166 e. The zero-order valence-corrected chi connectivity index (χ0v) is 12.7. The maximum absolute atomic E-state index is 6.29. The summed E-state index contributed by atoms with van der Waals surface area (Å²) in [5.41, 5.74) is 2.14. The van der Waals surface area contributed by atoms with Crippen molar-refractivity contribution in [3.8, 4) is 5.69 Å². The summed E-state index contributed by atoms with van der Waals surface area (Å²) in [4.78, 5) is 1.39. The molecule has 2 aromatic rings. The third-order valence-electron chi connectivity index (χ3n) is 3.21. The summed E-state index contributed by atoms with van der Waals surface area (Å²) in [5.74, 6) is 0. The lowest BCUT2D eigenvalue weighted by Crippen LogP contribution is -2.07. The molecule has 0 saturated carbocycles.